The van der Waals surface area contributed by atoms with E-state index < -0.39 is 29.2 Å². The molecule has 0 aliphatic carbocycles. The average molecular weight is 545 g/mol. The Kier molecular flexibility index (Phi) is 6.51. The molecule has 192 valence electrons. The quantitative estimate of drug-likeness (QED) is 0.144. The van der Waals surface area contributed by atoms with Crippen molar-refractivity contribution in [2.45, 2.75) is 24.9 Å². The Morgan fingerprint density at radius 2 is 2.24 bits per heavy atom. The maximum Gasteiger partial charge on any atom is 0.352 e. The number of pyridine rings is 1. The second-order valence-corrected chi connectivity index (χ2v) is 10.0. The summed E-state index contributed by atoms with van der Waals surface area (Å²) in [7, 11) is 1.87. The average Bonchev–Trinajstić information content (AvgIpc) is 3.48. The number of carboxylic acid groups (broad SMARTS) is 1. The van der Waals surface area contributed by atoms with Gasteiger partial charge in [-0.05, 0) is 24.0 Å². The summed E-state index contributed by atoms with van der Waals surface area (Å²) in [6, 6.07) is 2.82. The normalized spacial score (nSPS) is 19.6. The molecule has 2 amide bonds. The number of hydrogen-bond donors (Lipinski definition) is 3. The summed E-state index contributed by atoms with van der Waals surface area (Å²) < 4.78 is 7.71. The maximum absolute atomic E-state index is 13.1. The van der Waals surface area contributed by atoms with E-state index in [2.05, 4.69) is 24.8 Å². The maximum atomic E-state index is 13.1. The molecular formula is C21H22N9O5S2+. The van der Waals surface area contributed by atoms with Crippen LogP contribution in [-0.4, -0.2) is 76.2 Å². The molecule has 0 saturated carbocycles. The van der Waals surface area contributed by atoms with Crippen LogP contribution in [0.1, 0.15) is 12.7 Å². The number of thioether (sulfide) groups is 1. The Labute approximate surface area is 218 Å². The number of aryl methyl sites for hydroxylation is 1. The number of carboxylic acids is 1. The van der Waals surface area contributed by atoms with Crippen LogP contribution >= 0.6 is 23.3 Å². The molecule has 2 aliphatic rings. The summed E-state index contributed by atoms with van der Waals surface area (Å²) in [6.45, 7) is 2.14. The van der Waals surface area contributed by atoms with E-state index in [-0.39, 0.29) is 35.5 Å². The first-order chi connectivity index (χ1) is 17.8. The Balaban J connectivity index is 1.38. The van der Waals surface area contributed by atoms with Gasteiger partial charge in [-0.2, -0.15) is 9.36 Å². The number of carbonyl (C=O) groups excluding carboxylic acids is 2. The number of rotatable bonds is 8. The van der Waals surface area contributed by atoms with Crippen LogP contribution < -0.4 is 15.6 Å². The molecule has 0 spiro atoms. The molecular weight excluding hydrogens is 522 g/mol. The molecule has 14 nitrogen and oxygen atoms in total. The number of carbonyl (C=O) groups is 3. The second kappa shape index (κ2) is 9.78. The SMILES string of the molecule is CCO/N=C(\C(=O)NC1C(=O)N2C(C(=O)O)=C(C[n+]3cccc4c3ncn4C)CSC12)c1nsc(N)n1. The topological polar surface area (TPSA) is 182 Å². The monoisotopic (exact) mass is 544 g/mol. The summed E-state index contributed by atoms with van der Waals surface area (Å²) >= 11 is 2.25. The minimum absolute atomic E-state index is 0.0255. The molecule has 1 fully saturated rings. The van der Waals surface area contributed by atoms with Crippen LogP contribution in [0.3, 0.4) is 0 Å². The zero-order valence-electron chi connectivity index (χ0n) is 19.7. The van der Waals surface area contributed by atoms with E-state index in [1.807, 2.05) is 34.5 Å². The number of oxime groups is 1. The van der Waals surface area contributed by atoms with Gasteiger partial charge in [0.05, 0.1) is 6.20 Å². The van der Waals surface area contributed by atoms with Crippen LogP contribution in [0, 0.1) is 0 Å². The van der Waals surface area contributed by atoms with Crippen molar-refractivity contribution in [1.29, 1.82) is 0 Å². The Hall–Kier alpha value is -4.05. The van der Waals surface area contributed by atoms with Gasteiger partial charge in [-0.15, -0.1) is 11.8 Å². The number of nitrogens with zero attached hydrogens (tertiary/aromatic N) is 7. The number of aliphatic carboxylic acids is 1. The number of β-lactam (4-membered cyclic amide) rings is 1. The highest BCUT2D eigenvalue weighted by atomic mass is 32.2. The van der Waals surface area contributed by atoms with Crippen LogP contribution in [0.2, 0.25) is 0 Å². The Bertz CT molecular complexity index is 1480. The Morgan fingerprint density at radius 3 is 2.95 bits per heavy atom. The van der Waals surface area contributed by atoms with E-state index in [1.165, 1.54) is 16.7 Å². The highest BCUT2D eigenvalue weighted by molar-refractivity contribution is 8.00. The van der Waals surface area contributed by atoms with Crippen molar-refractivity contribution in [1.82, 2.24) is 29.1 Å². The molecule has 2 unspecified atom stereocenters. The first kappa shape index (κ1) is 24.6. The number of nitrogens with two attached hydrogens (primary N) is 1. The van der Waals surface area contributed by atoms with Crippen molar-refractivity contribution in [3.05, 3.63) is 41.8 Å². The van der Waals surface area contributed by atoms with Gasteiger partial charge in [0.15, 0.2) is 5.13 Å². The van der Waals surface area contributed by atoms with E-state index in [1.54, 1.807) is 13.3 Å². The molecule has 16 heteroatoms. The highest BCUT2D eigenvalue weighted by Crippen LogP contribution is 2.40. The van der Waals surface area contributed by atoms with Crippen LogP contribution in [0.15, 0.2) is 41.1 Å². The Morgan fingerprint density at radius 1 is 1.43 bits per heavy atom. The molecule has 1 saturated heterocycles. The molecule has 0 aromatic carbocycles. The van der Waals surface area contributed by atoms with Gasteiger partial charge in [0.1, 0.15) is 35.8 Å². The lowest BCUT2D eigenvalue weighted by atomic mass is 10.0. The minimum Gasteiger partial charge on any atom is -0.477 e. The third-order valence-corrected chi connectivity index (χ3v) is 7.69. The molecule has 5 heterocycles. The van der Waals surface area contributed by atoms with Crippen molar-refractivity contribution < 1.29 is 28.9 Å². The third-order valence-electron chi connectivity index (χ3n) is 5.81. The number of hydrogen-bond acceptors (Lipinski definition) is 11. The largest absolute Gasteiger partial charge is 0.477 e. The van der Waals surface area contributed by atoms with Crippen molar-refractivity contribution in [2.75, 3.05) is 18.1 Å². The zero-order chi connectivity index (χ0) is 26.3. The number of amides is 2. The van der Waals surface area contributed by atoms with E-state index in [4.69, 9.17) is 10.6 Å². The fraction of sp³-hybridized carbons (Fsp3) is 0.333. The molecule has 0 radical (unpaired) electrons. The fourth-order valence-corrected chi connectivity index (χ4v) is 5.91. The molecule has 0 bridgehead atoms. The summed E-state index contributed by atoms with van der Waals surface area (Å²) in [6.07, 6.45) is 3.50. The molecule has 2 atom stereocenters. The smallest absolute Gasteiger partial charge is 0.352 e. The molecule has 3 aromatic heterocycles. The molecule has 4 N–H and O–H groups in total. The van der Waals surface area contributed by atoms with Crippen LogP contribution in [0.5, 0.6) is 0 Å². The van der Waals surface area contributed by atoms with Crippen LogP contribution in [-0.2, 0) is 32.8 Å². The lowest BCUT2D eigenvalue weighted by molar-refractivity contribution is -0.664. The summed E-state index contributed by atoms with van der Waals surface area (Å²) in [5.41, 5.74) is 7.47. The van der Waals surface area contributed by atoms with Crippen molar-refractivity contribution in [3.8, 4) is 0 Å². The number of aromatic nitrogens is 5. The summed E-state index contributed by atoms with van der Waals surface area (Å²) in [5, 5.41) is 16.0. The molecule has 3 aromatic rings. The van der Waals surface area contributed by atoms with Crippen molar-refractivity contribution in [2.24, 2.45) is 12.2 Å². The van der Waals surface area contributed by atoms with Gasteiger partial charge in [0.25, 0.3) is 11.8 Å². The predicted octanol–water partition coefficient (Wildman–Crippen LogP) is -0.526. The van der Waals surface area contributed by atoms with E-state index >= 15 is 0 Å². The van der Waals surface area contributed by atoms with Crippen molar-refractivity contribution in [3.63, 3.8) is 0 Å². The van der Waals surface area contributed by atoms with Crippen LogP contribution in [0.4, 0.5) is 5.13 Å². The number of nitrogen functional groups attached to an aromatic ring is 1. The first-order valence-electron chi connectivity index (χ1n) is 11.1. The van der Waals surface area contributed by atoms with Gasteiger partial charge < -0.3 is 25.6 Å². The lowest BCUT2D eigenvalue weighted by Crippen LogP contribution is -2.71. The molecule has 5 rings (SSSR count). The molecule has 2 aliphatic heterocycles. The van der Waals surface area contributed by atoms with Gasteiger partial charge in [-0.1, -0.05) is 5.16 Å². The van der Waals surface area contributed by atoms with Gasteiger partial charge in [-0.25, -0.2) is 9.36 Å². The minimum atomic E-state index is -1.21. The van der Waals surface area contributed by atoms with Gasteiger partial charge in [0, 0.05) is 29.9 Å². The van der Waals surface area contributed by atoms with Gasteiger partial charge in [0.2, 0.25) is 17.9 Å². The standard InChI is InChI=1S/C21H21N9O5S2/c1-3-35-26-12(15-25-21(22)37-27-15)17(31)24-13-18(32)30-14(20(33)34)10(8-36-19(13)30)7-29-6-4-5-11-16(29)23-9-28(11)2/h4-6,9,13,19H,3,7-8H2,1-2H3,(H3-,22,24,25,27,31,33,34)/p+1/b26-12-. The summed E-state index contributed by atoms with van der Waals surface area (Å²) in [5.74, 6) is -2.16. The van der Waals surface area contributed by atoms with Crippen LogP contribution in [0.25, 0.3) is 11.2 Å². The zero-order valence-corrected chi connectivity index (χ0v) is 21.3. The highest BCUT2D eigenvalue weighted by Gasteiger charge is 2.54. The van der Waals surface area contributed by atoms with Gasteiger partial charge in [-0.3, -0.25) is 14.5 Å². The lowest BCUT2D eigenvalue weighted by Gasteiger charge is -2.49. The van der Waals surface area contributed by atoms with Gasteiger partial charge >= 0.3 is 11.6 Å². The number of imidazole rings is 1. The summed E-state index contributed by atoms with van der Waals surface area (Å²) in [4.78, 5) is 52.9. The number of nitrogens with one attached hydrogen (secondary N) is 1. The van der Waals surface area contributed by atoms with E-state index in [9.17, 15) is 19.5 Å². The third kappa shape index (κ3) is 4.37. The first-order valence-corrected chi connectivity index (χ1v) is 12.9. The van der Waals surface area contributed by atoms with Crippen molar-refractivity contribution >= 4 is 63.1 Å². The predicted molar refractivity (Wildman–Crippen MR) is 133 cm³/mol. The number of anilines is 1. The fourth-order valence-electron chi connectivity index (χ4n) is 4.14. The van der Waals surface area contributed by atoms with E-state index in [0.717, 1.165) is 17.0 Å². The second-order valence-electron chi connectivity index (χ2n) is 8.13. The van der Waals surface area contributed by atoms with E-state index in [0.29, 0.717) is 17.0 Å². The number of fused-ring (bicyclic) bond motifs is 2. The molecule has 37 heavy (non-hydrogen) atoms.